The van der Waals surface area contributed by atoms with E-state index in [0.717, 1.165) is 28.0 Å². The maximum Gasteiger partial charge on any atom is 0.303 e. The Labute approximate surface area is 158 Å². The van der Waals surface area contributed by atoms with Crippen molar-refractivity contribution in [2.24, 2.45) is 0 Å². The van der Waals surface area contributed by atoms with E-state index in [4.69, 9.17) is 9.47 Å². The molecular formula is C24H20O3. The molecule has 0 N–H and O–H groups in total. The molecule has 0 saturated carbocycles. The molecule has 3 aromatic rings. The van der Waals surface area contributed by atoms with Gasteiger partial charge in [0, 0.05) is 18.1 Å². The second-order valence-electron chi connectivity index (χ2n) is 6.45. The molecule has 0 aliphatic carbocycles. The molecule has 4 rings (SSSR count). The molecule has 0 aromatic heterocycles. The minimum atomic E-state index is -0.512. The van der Waals surface area contributed by atoms with E-state index in [-0.39, 0.29) is 12.1 Å². The van der Waals surface area contributed by atoms with Gasteiger partial charge in [-0.3, -0.25) is 4.79 Å². The second-order valence-corrected chi connectivity index (χ2v) is 6.45. The largest absolute Gasteiger partial charge is 0.480 e. The Morgan fingerprint density at radius 2 is 1.30 bits per heavy atom. The van der Waals surface area contributed by atoms with Crippen LogP contribution in [0.2, 0.25) is 0 Å². The topological polar surface area (TPSA) is 35.5 Å². The maximum absolute atomic E-state index is 11.9. The van der Waals surface area contributed by atoms with Crippen molar-refractivity contribution in [2.45, 2.75) is 19.1 Å². The van der Waals surface area contributed by atoms with Gasteiger partial charge in [-0.2, -0.15) is 0 Å². The van der Waals surface area contributed by atoms with E-state index >= 15 is 0 Å². The van der Waals surface area contributed by atoms with Crippen LogP contribution in [0.25, 0.3) is 11.3 Å². The predicted molar refractivity (Wildman–Crippen MR) is 106 cm³/mol. The van der Waals surface area contributed by atoms with Gasteiger partial charge in [0.25, 0.3) is 0 Å². The summed E-state index contributed by atoms with van der Waals surface area (Å²) in [5, 5.41) is 0. The van der Waals surface area contributed by atoms with Crippen LogP contribution in [0.15, 0.2) is 91.0 Å². The van der Waals surface area contributed by atoms with Gasteiger partial charge in [-0.25, -0.2) is 0 Å². The van der Waals surface area contributed by atoms with Crippen molar-refractivity contribution in [2.75, 3.05) is 0 Å². The van der Waals surface area contributed by atoms with Gasteiger partial charge in [0.05, 0.1) is 0 Å². The average molecular weight is 356 g/mol. The van der Waals surface area contributed by atoms with Crippen molar-refractivity contribution in [1.29, 1.82) is 0 Å². The highest BCUT2D eigenvalue weighted by Crippen LogP contribution is 2.46. The molecule has 1 aliphatic rings. The fraction of sp³-hybridized carbons (Fsp3) is 0.125. The van der Waals surface area contributed by atoms with Crippen molar-refractivity contribution in [3.63, 3.8) is 0 Å². The molecule has 0 fully saturated rings. The first-order chi connectivity index (χ1) is 13.2. The standard InChI is InChI=1S/C24H20O3/c1-17(25)26-24-21(18-11-5-2-6-12-18)22(19-13-7-3-8-14-19)27-23(24)20-15-9-4-10-16-20/h2-16,23-24H,1H3/t23-,24+/m1/s1. The van der Waals surface area contributed by atoms with Gasteiger partial charge < -0.3 is 9.47 Å². The van der Waals surface area contributed by atoms with Crippen molar-refractivity contribution in [3.8, 4) is 0 Å². The number of hydrogen-bond donors (Lipinski definition) is 0. The molecule has 0 spiro atoms. The lowest BCUT2D eigenvalue weighted by Crippen LogP contribution is -2.23. The molecule has 1 heterocycles. The molecule has 27 heavy (non-hydrogen) atoms. The lowest BCUT2D eigenvalue weighted by atomic mass is 9.93. The van der Waals surface area contributed by atoms with Crippen LogP contribution >= 0.6 is 0 Å². The van der Waals surface area contributed by atoms with Crippen molar-refractivity contribution < 1.29 is 14.3 Å². The minimum Gasteiger partial charge on any atom is -0.480 e. The molecule has 3 nitrogen and oxygen atoms in total. The summed E-state index contributed by atoms with van der Waals surface area (Å²) in [6.45, 7) is 1.44. The molecule has 3 aromatic carbocycles. The number of carbonyl (C=O) groups excluding carboxylic acids is 1. The molecular weight excluding hydrogens is 336 g/mol. The third-order valence-electron chi connectivity index (χ3n) is 4.59. The lowest BCUT2D eigenvalue weighted by molar-refractivity contribution is -0.147. The van der Waals surface area contributed by atoms with E-state index in [1.54, 1.807) is 0 Å². The first kappa shape index (κ1) is 17.1. The van der Waals surface area contributed by atoms with Crippen LogP contribution in [0.5, 0.6) is 0 Å². The molecule has 0 radical (unpaired) electrons. The summed E-state index contributed by atoms with van der Waals surface area (Å²) in [5.41, 5.74) is 3.82. The molecule has 0 unspecified atom stereocenters. The maximum atomic E-state index is 11.9. The van der Waals surface area contributed by atoms with Crippen LogP contribution in [0, 0.1) is 0 Å². The van der Waals surface area contributed by atoms with Crippen molar-refractivity contribution >= 4 is 17.3 Å². The molecule has 0 amide bonds. The average Bonchev–Trinajstić information content (AvgIpc) is 3.08. The highest BCUT2D eigenvalue weighted by Gasteiger charge is 2.41. The zero-order valence-corrected chi connectivity index (χ0v) is 15.0. The van der Waals surface area contributed by atoms with Gasteiger partial charge in [0.15, 0.2) is 12.2 Å². The number of rotatable bonds is 4. The van der Waals surface area contributed by atoms with Gasteiger partial charge in [-0.1, -0.05) is 91.0 Å². The summed E-state index contributed by atoms with van der Waals surface area (Å²) < 4.78 is 12.2. The van der Waals surface area contributed by atoms with Crippen molar-refractivity contribution in [3.05, 3.63) is 108 Å². The van der Waals surface area contributed by atoms with E-state index in [9.17, 15) is 4.79 Å². The molecule has 3 heteroatoms. The van der Waals surface area contributed by atoms with E-state index in [2.05, 4.69) is 0 Å². The van der Waals surface area contributed by atoms with Crippen LogP contribution in [0.3, 0.4) is 0 Å². The zero-order valence-electron chi connectivity index (χ0n) is 15.0. The number of ether oxygens (including phenoxy) is 2. The van der Waals surface area contributed by atoms with Gasteiger partial charge in [0.1, 0.15) is 5.76 Å². The summed E-state index contributed by atoms with van der Waals surface area (Å²) in [6.07, 6.45) is -0.900. The first-order valence-electron chi connectivity index (χ1n) is 8.98. The molecule has 1 aliphatic heterocycles. The molecule has 2 atom stereocenters. The smallest absolute Gasteiger partial charge is 0.303 e. The monoisotopic (exact) mass is 356 g/mol. The van der Waals surface area contributed by atoms with Crippen LogP contribution in [-0.4, -0.2) is 12.1 Å². The number of benzene rings is 3. The Morgan fingerprint density at radius 3 is 1.85 bits per heavy atom. The lowest BCUT2D eigenvalue weighted by Gasteiger charge is -2.21. The van der Waals surface area contributed by atoms with Gasteiger partial charge in [0.2, 0.25) is 0 Å². The minimum absolute atomic E-state index is 0.327. The number of hydrogen-bond acceptors (Lipinski definition) is 3. The van der Waals surface area contributed by atoms with E-state index in [0.29, 0.717) is 0 Å². The third kappa shape index (κ3) is 3.49. The summed E-state index contributed by atoms with van der Waals surface area (Å²) in [4.78, 5) is 11.9. The van der Waals surface area contributed by atoms with Crippen LogP contribution in [0.1, 0.15) is 29.7 Å². The fourth-order valence-corrected chi connectivity index (χ4v) is 3.44. The van der Waals surface area contributed by atoms with Crippen LogP contribution in [0.4, 0.5) is 0 Å². The summed E-state index contributed by atoms with van der Waals surface area (Å²) in [7, 11) is 0. The van der Waals surface area contributed by atoms with E-state index < -0.39 is 6.10 Å². The summed E-state index contributed by atoms with van der Waals surface area (Å²) >= 11 is 0. The molecule has 0 saturated heterocycles. The van der Waals surface area contributed by atoms with Gasteiger partial charge >= 0.3 is 5.97 Å². The highest BCUT2D eigenvalue weighted by atomic mass is 16.6. The van der Waals surface area contributed by atoms with Gasteiger partial charge in [-0.05, 0) is 11.1 Å². The Hall–Kier alpha value is -3.33. The Kier molecular flexibility index (Phi) is 4.75. The third-order valence-corrected chi connectivity index (χ3v) is 4.59. The number of esters is 1. The van der Waals surface area contributed by atoms with Crippen LogP contribution in [-0.2, 0) is 14.3 Å². The Morgan fingerprint density at radius 1 is 0.778 bits per heavy atom. The first-order valence-corrected chi connectivity index (χ1v) is 8.98. The second kappa shape index (κ2) is 7.50. The normalized spacial score (nSPS) is 18.9. The van der Waals surface area contributed by atoms with E-state index in [1.165, 1.54) is 6.92 Å². The summed E-state index contributed by atoms with van der Waals surface area (Å²) in [6, 6.07) is 29.8. The molecule has 134 valence electrons. The predicted octanol–water partition coefficient (Wildman–Crippen LogP) is 5.26. The van der Waals surface area contributed by atoms with Gasteiger partial charge in [-0.15, -0.1) is 0 Å². The quantitative estimate of drug-likeness (QED) is 0.598. The Balaban J connectivity index is 1.88. The molecule has 0 bridgehead atoms. The number of carbonyl (C=O) groups is 1. The SMILES string of the molecule is CC(=O)O[C@H]1C(c2ccccc2)=C(c2ccccc2)O[C@@H]1c1ccccc1. The highest BCUT2D eigenvalue weighted by molar-refractivity contribution is 5.93. The van der Waals surface area contributed by atoms with E-state index in [1.807, 2.05) is 91.0 Å². The Bertz CT molecular complexity index is 947. The summed E-state index contributed by atoms with van der Waals surface area (Å²) in [5.74, 6) is 0.425. The fourth-order valence-electron chi connectivity index (χ4n) is 3.44. The van der Waals surface area contributed by atoms with Crippen LogP contribution < -0.4 is 0 Å². The van der Waals surface area contributed by atoms with Crippen molar-refractivity contribution in [1.82, 2.24) is 0 Å². The zero-order chi connectivity index (χ0) is 18.6.